The van der Waals surface area contributed by atoms with Crippen LogP contribution < -0.4 is 5.73 Å². The predicted molar refractivity (Wildman–Crippen MR) is 65.1 cm³/mol. The molecule has 80 valence electrons. The summed E-state index contributed by atoms with van der Waals surface area (Å²) in [6, 6.07) is 15.6. The Morgan fingerprint density at radius 2 is 1.69 bits per heavy atom. The van der Waals surface area contributed by atoms with E-state index in [0.717, 1.165) is 16.7 Å². The maximum Gasteiger partial charge on any atom is 0.248 e. The standard InChI is InChI=1S/C14H13NO/c1-10-12(11-6-3-2-4-7-11)8-5-9-13(10)14(15)16/h2-9H,1H3,(H2,15,16). The van der Waals surface area contributed by atoms with Crippen molar-refractivity contribution in [2.24, 2.45) is 5.73 Å². The summed E-state index contributed by atoms with van der Waals surface area (Å²) in [6.07, 6.45) is 0. The number of nitrogens with two attached hydrogens (primary N) is 1. The van der Waals surface area contributed by atoms with Crippen molar-refractivity contribution in [1.82, 2.24) is 0 Å². The van der Waals surface area contributed by atoms with Gasteiger partial charge in [0.15, 0.2) is 0 Å². The zero-order valence-electron chi connectivity index (χ0n) is 9.10. The van der Waals surface area contributed by atoms with Crippen LogP contribution in [0.3, 0.4) is 0 Å². The van der Waals surface area contributed by atoms with Crippen molar-refractivity contribution in [3.05, 3.63) is 59.7 Å². The third kappa shape index (κ3) is 1.82. The van der Waals surface area contributed by atoms with Gasteiger partial charge in [-0.3, -0.25) is 4.79 Å². The van der Waals surface area contributed by atoms with Crippen LogP contribution in [-0.2, 0) is 0 Å². The molecule has 2 nitrogen and oxygen atoms in total. The van der Waals surface area contributed by atoms with Crippen LogP contribution in [0.2, 0.25) is 0 Å². The van der Waals surface area contributed by atoms with Crippen LogP contribution in [0.15, 0.2) is 48.5 Å². The molecular formula is C14H13NO. The number of amides is 1. The first-order chi connectivity index (χ1) is 7.70. The molecule has 0 unspecified atom stereocenters. The average molecular weight is 211 g/mol. The van der Waals surface area contributed by atoms with Gasteiger partial charge in [0.2, 0.25) is 5.91 Å². The minimum absolute atomic E-state index is 0.379. The van der Waals surface area contributed by atoms with Gasteiger partial charge in [-0.05, 0) is 29.7 Å². The van der Waals surface area contributed by atoms with E-state index >= 15 is 0 Å². The second-order valence-electron chi connectivity index (χ2n) is 3.71. The number of hydrogen-bond acceptors (Lipinski definition) is 1. The van der Waals surface area contributed by atoms with Gasteiger partial charge in [0, 0.05) is 5.56 Å². The largest absolute Gasteiger partial charge is 0.366 e. The summed E-state index contributed by atoms with van der Waals surface area (Å²) in [7, 11) is 0. The lowest BCUT2D eigenvalue weighted by molar-refractivity contribution is 0.1000. The van der Waals surface area contributed by atoms with Gasteiger partial charge >= 0.3 is 0 Å². The van der Waals surface area contributed by atoms with E-state index in [9.17, 15) is 4.79 Å². The lowest BCUT2D eigenvalue weighted by atomic mass is 9.96. The molecule has 2 rings (SSSR count). The van der Waals surface area contributed by atoms with Crippen LogP contribution >= 0.6 is 0 Å². The van der Waals surface area contributed by atoms with E-state index in [1.807, 2.05) is 49.4 Å². The number of carbonyl (C=O) groups is 1. The van der Waals surface area contributed by atoms with E-state index in [2.05, 4.69) is 0 Å². The molecule has 0 atom stereocenters. The number of primary amides is 1. The zero-order chi connectivity index (χ0) is 11.5. The Morgan fingerprint density at radius 1 is 1.00 bits per heavy atom. The van der Waals surface area contributed by atoms with Crippen LogP contribution in [0.5, 0.6) is 0 Å². The van der Waals surface area contributed by atoms with Crippen molar-refractivity contribution in [3.8, 4) is 11.1 Å². The molecule has 2 aromatic rings. The van der Waals surface area contributed by atoms with E-state index in [0.29, 0.717) is 5.56 Å². The van der Waals surface area contributed by atoms with Gasteiger partial charge in [0.25, 0.3) is 0 Å². The van der Waals surface area contributed by atoms with E-state index in [1.54, 1.807) is 6.07 Å². The van der Waals surface area contributed by atoms with Gasteiger partial charge in [-0.2, -0.15) is 0 Å². The number of carbonyl (C=O) groups excluding carboxylic acids is 1. The van der Waals surface area contributed by atoms with Crippen LogP contribution in [0.4, 0.5) is 0 Å². The summed E-state index contributed by atoms with van der Waals surface area (Å²) >= 11 is 0. The van der Waals surface area contributed by atoms with Crippen molar-refractivity contribution >= 4 is 5.91 Å². The fourth-order valence-electron chi connectivity index (χ4n) is 1.83. The summed E-state index contributed by atoms with van der Waals surface area (Å²) in [6.45, 7) is 1.92. The van der Waals surface area contributed by atoms with Crippen molar-refractivity contribution < 1.29 is 4.79 Å². The van der Waals surface area contributed by atoms with Crippen LogP contribution in [0.1, 0.15) is 15.9 Å². The maximum absolute atomic E-state index is 11.2. The number of rotatable bonds is 2. The van der Waals surface area contributed by atoms with Gasteiger partial charge in [-0.25, -0.2) is 0 Å². The minimum Gasteiger partial charge on any atom is -0.366 e. The Balaban J connectivity index is 2.59. The molecule has 0 saturated carbocycles. The highest BCUT2D eigenvalue weighted by Crippen LogP contribution is 2.25. The van der Waals surface area contributed by atoms with Gasteiger partial charge in [0.1, 0.15) is 0 Å². The minimum atomic E-state index is -0.379. The molecule has 0 aliphatic rings. The third-order valence-corrected chi connectivity index (χ3v) is 2.68. The smallest absolute Gasteiger partial charge is 0.248 e. The SMILES string of the molecule is Cc1c(C(N)=O)cccc1-c1ccccc1. The molecule has 0 bridgehead atoms. The highest BCUT2D eigenvalue weighted by atomic mass is 16.1. The maximum atomic E-state index is 11.2. The second kappa shape index (κ2) is 4.19. The van der Waals surface area contributed by atoms with Gasteiger partial charge in [-0.1, -0.05) is 42.5 Å². The van der Waals surface area contributed by atoms with Crippen molar-refractivity contribution in [1.29, 1.82) is 0 Å². The van der Waals surface area contributed by atoms with E-state index in [4.69, 9.17) is 5.73 Å². The molecule has 2 heteroatoms. The van der Waals surface area contributed by atoms with Crippen LogP contribution in [0, 0.1) is 6.92 Å². The monoisotopic (exact) mass is 211 g/mol. The molecule has 2 N–H and O–H groups in total. The molecule has 0 radical (unpaired) electrons. The molecule has 0 saturated heterocycles. The molecule has 0 spiro atoms. The van der Waals surface area contributed by atoms with Crippen molar-refractivity contribution in [2.75, 3.05) is 0 Å². The Morgan fingerprint density at radius 3 is 2.31 bits per heavy atom. The van der Waals surface area contributed by atoms with E-state index in [-0.39, 0.29) is 5.91 Å². The molecule has 0 heterocycles. The first-order valence-electron chi connectivity index (χ1n) is 5.15. The van der Waals surface area contributed by atoms with E-state index < -0.39 is 0 Å². The predicted octanol–water partition coefficient (Wildman–Crippen LogP) is 2.76. The fourth-order valence-corrected chi connectivity index (χ4v) is 1.83. The van der Waals surface area contributed by atoms with Crippen LogP contribution in [0.25, 0.3) is 11.1 Å². The summed E-state index contributed by atoms with van der Waals surface area (Å²) in [5, 5.41) is 0. The van der Waals surface area contributed by atoms with Gasteiger partial charge in [0.05, 0.1) is 0 Å². The average Bonchev–Trinajstić information content (AvgIpc) is 2.30. The second-order valence-corrected chi connectivity index (χ2v) is 3.71. The first kappa shape index (κ1) is 10.4. The summed E-state index contributed by atoms with van der Waals surface area (Å²) < 4.78 is 0. The van der Waals surface area contributed by atoms with E-state index in [1.165, 1.54) is 0 Å². The Labute approximate surface area is 94.7 Å². The summed E-state index contributed by atoms with van der Waals surface area (Å²) in [4.78, 5) is 11.2. The molecule has 16 heavy (non-hydrogen) atoms. The quantitative estimate of drug-likeness (QED) is 0.815. The van der Waals surface area contributed by atoms with Crippen molar-refractivity contribution in [2.45, 2.75) is 6.92 Å². The Hall–Kier alpha value is -2.09. The third-order valence-electron chi connectivity index (χ3n) is 2.68. The summed E-state index contributed by atoms with van der Waals surface area (Å²) in [5.41, 5.74) is 8.99. The van der Waals surface area contributed by atoms with Crippen LogP contribution in [-0.4, -0.2) is 5.91 Å². The van der Waals surface area contributed by atoms with Gasteiger partial charge in [-0.15, -0.1) is 0 Å². The molecule has 0 aliphatic carbocycles. The zero-order valence-corrected chi connectivity index (χ0v) is 9.10. The van der Waals surface area contributed by atoms with Gasteiger partial charge < -0.3 is 5.73 Å². The van der Waals surface area contributed by atoms with Crippen molar-refractivity contribution in [3.63, 3.8) is 0 Å². The highest BCUT2D eigenvalue weighted by molar-refractivity contribution is 5.96. The number of benzene rings is 2. The topological polar surface area (TPSA) is 43.1 Å². The molecule has 0 fully saturated rings. The lowest BCUT2D eigenvalue weighted by Crippen LogP contribution is -2.12. The highest BCUT2D eigenvalue weighted by Gasteiger charge is 2.08. The molecule has 1 amide bonds. The Kier molecular flexibility index (Phi) is 2.73. The molecular weight excluding hydrogens is 198 g/mol. The molecule has 0 aliphatic heterocycles. The number of hydrogen-bond donors (Lipinski definition) is 1. The fraction of sp³-hybridized carbons (Fsp3) is 0.0714. The molecule has 0 aromatic heterocycles. The lowest BCUT2D eigenvalue weighted by Gasteiger charge is -2.08. The first-order valence-corrected chi connectivity index (χ1v) is 5.15. The normalized spacial score (nSPS) is 10.1. The summed E-state index contributed by atoms with van der Waals surface area (Å²) in [5.74, 6) is -0.379. The molecule has 2 aromatic carbocycles. The Bertz CT molecular complexity index is 518.